The zero-order valence-electron chi connectivity index (χ0n) is 16.4. The molecule has 28 heavy (non-hydrogen) atoms. The Hall–Kier alpha value is -1.44. The Kier molecular flexibility index (Phi) is 6.78. The number of ether oxygens (including phenoxy) is 2. The van der Waals surface area contributed by atoms with E-state index in [9.17, 15) is 9.59 Å². The van der Waals surface area contributed by atoms with Crippen molar-refractivity contribution in [3.63, 3.8) is 0 Å². The molecule has 3 unspecified atom stereocenters. The van der Waals surface area contributed by atoms with Crippen LogP contribution in [0.4, 0.5) is 4.79 Å². The van der Waals surface area contributed by atoms with E-state index in [1.165, 1.54) is 0 Å². The summed E-state index contributed by atoms with van der Waals surface area (Å²) < 4.78 is 11.2. The lowest BCUT2D eigenvalue weighted by Gasteiger charge is -2.31. The van der Waals surface area contributed by atoms with Gasteiger partial charge in [0.2, 0.25) is 5.91 Å². The predicted molar refractivity (Wildman–Crippen MR) is 110 cm³/mol. The van der Waals surface area contributed by atoms with E-state index in [1.54, 1.807) is 28.8 Å². The monoisotopic (exact) mass is 426 g/mol. The molecule has 1 aromatic carbocycles. The summed E-state index contributed by atoms with van der Waals surface area (Å²) in [6.45, 7) is 6.66. The molecule has 2 aliphatic heterocycles. The van der Waals surface area contributed by atoms with E-state index in [0.29, 0.717) is 17.3 Å². The molecule has 2 heterocycles. The van der Waals surface area contributed by atoms with Gasteiger partial charge in [-0.3, -0.25) is 9.69 Å². The number of rotatable bonds is 4. The van der Waals surface area contributed by atoms with Gasteiger partial charge in [0.15, 0.2) is 0 Å². The van der Waals surface area contributed by atoms with E-state index in [-0.39, 0.29) is 17.4 Å². The lowest BCUT2D eigenvalue weighted by atomic mass is 10.1. The first-order chi connectivity index (χ1) is 13.2. The largest absolute Gasteiger partial charge is 0.444 e. The van der Waals surface area contributed by atoms with Gasteiger partial charge in [-0.05, 0) is 51.3 Å². The van der Waals surface area contributed by atoms with Crippen molar-refractivity contribution >= 4 is 35.4 Å². The molecule has 154 valence electrons. The fraction of sp³-hybridized carbons (Fsp3) is 0.600. The summed E-state index contributed by atoms with van der Waals surface area (Å²) in [5.41, 5.74) is 0.267. The van der Waals surface area contributed by atoms with Crippen molar-refractivity contribution in [1.82, 2.24) is 10.2 Å². The second-order valence-electron chi connectivity index (χ2n) is 8.02. The Morgan fingerprint density at radius 3 is 2.64 bits per heavy atom. The van der Waals surface area contributed by atoms with Crippen LogP contribution in [0.3, 0.4) is 0 Å². The summed E-state index contributed by atoms with van der Waals surface area (Å²) in [5, 5.41) is 3.27. The van der Waals surface area contributed by atoms with Gasteiger partial charge < -0.3 is 14.8 Å². The molecule has 6 nitrogen and oxygen atoms in total. The maximum absolute atomic E-state index is 12.9. The van der Waals surface area contributed by atoms with Crippen molar-refractivity contribution in [3.05, 3.63) is 34.9 Å². The number of carbonyl (C=O) groups is 2. The number of halogens is 1. The number of hydrogen-bond donors (Lipinski definition) is 1. The van der Waals surface area contributed by atoms with Crippen LogP contribution in [0.1, 0.15) is 44.6 Å². The van der Waals surface area contributed by atoms with Gasteiger partial charge in [0.05, 0.1) is 6.10 Å². The number of thioether (sulfide) groups is 1. The first kappa shape index (κ1) is 21.3. The summed E-state index contributed by atoms with van der Waals surface area (Å²) in [7, 11) is 0. The summed E-state index contributed by atoms with van der Waals surface area (Å²) in [6, 6.07) is 6.74. The smallest absolute Gasteiger partial charge is 0.412 e. The van der Waals surface area contributed by atoms with E-state index in [4.69, 9.17) is 21.1 Å². The third-order valence-corrected chi connectivity index (χ3v) is 6.17. The van der Waals surface area contributed by atoms with Crippen molar-refractivity contribution in [2.24, 2.45) is 0 Å². The third-order valence-electron chi connectivity index (χ3n) is 4.59. The van der Waals surface area contributed by atoms with Crippen LogP contribution in [0.5, 0.6) is 0 Å². The topological polar surface area (TPSA) is 67.9 Å². The second-order valence-corrected chi connectivity index (χ2v) is 9.57. The molecule has 1 aromatic rings. The second kappa shape index (κ2) is 8.93. The summed E-state index contributed by atoms with van der Waals surface area (Å²) in [4.78, 5) is 27.4. The van der Waals surface area contributed by atoms with Crippen LogP contribution < -0.4 is 5.32 Å². The van der Waals surface area contributed by atoms with E-state index < -0.39 is 17.7 Å². The molecule has 3 atom stereocenters. The van der Waals surface area contributed by atoms with Gasteiger partial charge in [-0.15, -0.1) is 11.8 Å². The van der Waals surface area contributed by atoms with Crippen molar-refractivity contribution in [1.29, 1.82) is 0 Å². The highest BCUT2D eigenvalue weighted by Gasteiger charge is 2.44. The average molecular weight is 427 g/mol. The quantitative estimate of drug-likeness (QED) is 0.788. The van der Waals surface area contributed by atoms with Crippen LogP contribution in [0.25, 0.3) is 0 Å². The van der Waals surface area contributed by atoms with Crippen molar-refractivity contribution in [2.45, 2.75) is 56.7 Å². The lowest BCUT2D eigenvalue weighted by molar-refractivity contribution is -0.126. The highest BCUT2D eigenvalue weighted by Crippen LogP contribution is 2.42. The molecule has 0 bridgehead atoms. The summed E-state index contributed by atoms with van der Waals surface area (Å²) in [6.07, 6.45) is 1.53. The third kappa shape index (κ3) is 5.33. The highest BCUT2D eigenvalue weighted by molar-refractivity contribution is 7.99. The number of nitrogens with zero attached hydrogens (tertiary/aromatic N) is 1. The molecule has 0 spiro atoms. The molecule has 2 amide bonds. The van der Waals surface area contributed by atoms with E-state index in [2.05, 4.69) is 5.32 Å². The SMILES string of the molecule is CC(C)(C)OC(=O)N1C(C(=O)NCC2CCCO2)CSC1c1ccc(Cl)cc1. The Balaban J connectivity index is 1.76. The zero-order chi connectivity index (χ0) is 20.3. The molecule has 2 saturated heterocycles. The Bertz CT molecular complexity index is 701. The Labute approximate surface area is 175 Å². The molecule has 3 rings (SSSR count). The molecular formula is C20H27ClN2O4S. The molecule has 0 aliphatic carbocycles. The van der Waals surface area contributed by atoms with E-state index in [0.717, 1.165) is 25.0 Å². The van der Waals surface area contributed by atoms with Crippen molar-refractivity contribution in [2.75, 3.05) is 18.9 Å². The van der Waals surface area contributed by atoms with Gasteiger partial charge in [-0.2, -0.15) is 0 Å². The first-order valence-electron chi connectivity index (χ1n) is 9.52. The van der Waals surface area contributed by atoms with Crippen LogP contribution >= 0.6 is 23.4 Å². The van der Waals surface area contributed by atoms with Gasteiger partial charge in [0.25, 0.3) is 0 Å². The van der Waals surface area contributed by atoms with Crippen LogP contribution in [0, 0.1) is 0 Å². The minimum absolute atomic E-state index is 0.0556. The van der Waals surface area contributed by atoms with Gasteiger partial charge in [0.1, 0.15) is 17.0 Å². The first-order valence-corrected chi connectivity index (χ1v) is 10.9. The fourth-order valence-corrected chi connectivity index (χ4v) is 4.81. The van der Waals surface area contributed by atoms with Crippen LogP contribution in [-0.2, 0) is 14.3 Å². The lowest BCUT2D eigenvalue weighted by Crippen LogP contribution is -2.50. The van der Waals surface area contributed by atoms with Crippen molar-refractivity contribution in [3.8, 4) is 0 Å². The molecule has 8 heteroatoms. The number of carbonyl (C=O) groups excluding carboxylic acids is 2. The van der Waals surface area contributed by atoms with Gasteiger partial charge in [-0.1, -0.05) is 23.7 Å². The summed E-state index contributed by atoms with van der Waals surface area (Å²) in [5.74, 6) is 0.328. The van der Waals surface area contributed by atoms with E-state index >= 15 is 0 Å². The molecule has 2 fully saturated rings. The van der Waals surface area contributed by atoms with Crippen LogP contribution in [0.15, 0.2) is 24.3 Å². The van der Waals surface area contributed by atoms with Crippen molar-refractivity contribution < 1.29 is 19.1 Å². The molecule has 0 aromatic heterocycles. The highest BCUT2D eigenvalue weighted by atomic mass is 35.5. The zero-order valence-corrected chi connectivity index (χ0v) is 18.0. The molecule has 0 saturated carbocycles. The minimum atomic E-state index is -0.645. The number of amides is 2. The maximum Gasteiger partial charge on any atom is 0.412 e. The fourth-order valence-electron chi connectivity index (χ4n) is 3.27. The average Bonchev–Trinajstić information content (AvgIpc) is 3.28. The Morgan fingerprint density at radius 1 is 1.32 bits per heavy atom. The molecular weight excluding hydrogens is 400 g/mol. The standard InChI is InChI=1S/C20H27ClN2O4S/c1-20(2,3)27-19(25)23-16(17(24)22-11-15-5-4-10-26-15)12-28-18(23)13-6-8-14(21)9-7-13/h6-9,15-16,18H,4-5,10-12H2,1-3H3,(H,22,24). The number of hydrogen-bond acceptors (Lipinski definition) is 5. The minimum Gasteiger partial charge on any atom is -0.444 e. The number of nitrogens with one attached hydrogen (secondary N) is 1. The molecule has 2 aliphatic rings. The molecule has 0 radical (unpaired) electrons. The predicted octanol–water partition coefficient (Wildman–Crippen LogP) is 3.99. The van der Waals surface area contributed by atoms with Crippen LogP contribution in [-0.4, -0.2) is 53.6 Å². The van der Waals surface area contributed by atoms with Gasteiger partial charge in [-0.25, -0.2) is 4.79 Å². The van der Waals surface area contributed by atoms with Crippen LogP contribution in [0.2, 0.25) is 5.02 Å². The van der Waals surface area contributed by atoms with Gasteiger partial charge in [0, 0.05) is 23.9 Å². The number of benzene rings is 1. The Morgan fingerprint density at radius 2 is 2.04 bits per heavy atom. The normalized spacial score (nSPS) is 25.0. The van der Waals surface area contributed by atoms with E-state index in [1.807, 2.05) is 32.9 Å². The maximum atomic E-state index is 12.9. The summed E-state index contributed by atoms with van der Waals surface area (Å²) >= 11 is 7.55. The molecule has 1 N–H and O–H groups in total. The van der Waals surface area contributed by atoms with Gasteiger partial charge >= 0.3 is 6.09 Å².